The van der Waals surface area contributed by atoms with Crippen molar-refractivity contribution in [1.82, 2.24) is 4.90 Å². The molecule has 0 unspecified atom stereocenters. The summed E-state index contributed by atoms with van der Waals surface area (Å²) < 4.78 is 5.29. The number of rotatable bonds is 4. The van der Waals surface area contributed by atoms with Crippen molar-refractivity contribution in [3.63, 3.8) is 0 Å². The molecule has 8 heteroatoms. The van der Waals surface area contributed by atoms with Crippen LogP contribution in [0.15, 0.2) is 24.3 Å². The lowest BCUT2D eigenvalue weighted by molar-refractivity contribution is -0.384. The van der Waals surface area contributed by atoms with E-state index >= 15 is 0 Å². The molecule has 0 aromatic heterocycles. The van der Waals surface area contributed by atoms with Crippen LogP contribution < -0.4 is 0 Å². The number of nitro groups is 1. The molecule has 0 spiro atoms. The van der Waals surface area contributed by atoms with Crippen molar-refractivity contribution >= 4 is 17.7 Å². The minimum atomic E-state index is -1.06. The zero-order valence-electron chi connectivity index (χ0n) is 14.5. The van der Waals surface area contributed by atoms with Crippen LogP contribution in [0.25, 0.3) is 0 Å². The molecule has 1 fully saturated rings. The van der Waals surface area contributed by atoms with Gasteiger partial charge in [0.05, 0.1) is 4.92 Å². The maximum absolute atomic E-state index is 12.3. The number of nitro benzene ring substituents is 1. The van der Waals surface area contributed by atoms with Gasteiger partial charge in [0, 0.05) is 18.7 Å². The summed E-state index contributed by atoms with van der Waals surface area (Å²) in [5, 5.41) is 20.1. The topological polar surface area (TPSA) is 110 Å². The number of hydrogen-bond acceptors (Lipinski definition) is 5. The molecule has 136 valence electrons. The second-order valence-corrected chi connectivity index (χ2v) is 7.22. The molecule has 1 aromatic carbocycles. The highest BCUT2D eigenvalue weighted by Crippen LogP contribution is 2.28. The Labute approximate surface area is 145 Å². The molecule has 1 aliphatic rings. The van der Waals surface area contributed by atoms with Crippen molar-refractivity contribution in [3.8, 4) is 0 Å². The zero-order chi connectivity index (χ0) is 18.8. The fourth-order valence-corrected chi connectivity index (χ4v) is 2.91. The molecule has 1 heterocycles. The summed E-state index contributed by atoms with van der Waals surface area (Å²) in [4.78, 5) is 35.2. The number of benzene rings is 1. The first-order chi connectivity index (χ1) is 11.6. The predicted molar refractivity (Wildman–Crippen MR) is 89.3 cm³/mol. The molecule has 1 N–H and O–H groups in total. The predicted octanol–water partition coefficient (Wildman–Crippen LogP) is 2.85. The summed E-state index contributed by atoms with van der Waals surface area (Å²) in [6.45, 7) is 5.46. The first-order valence-electron chi connectivity index (χ1n) is 8.02. The second-order valence-electron chi connectivity index (χ2n) is 7.22. The van der Waals surface area contributed by atoms with Crippen LogP contribution >= 0.6 is 0 Å². The Bertz CT molecular complexity index is 665. The van der Waals surface area contributed by atoms with E-state index in [9.17, 15) is 24.8 Å². The second kappa shape index (κ2) is 7.08. The number of non-ortho nitro benzene ring substituents is 1. The van der Waals surface area contributed by atoms with Crippen LogP contribution in [0.1, 0.15) is 32.8 Å². The van der Waals surface area contributed by atoms with Crippen molar-refractivity contribution in [2.75, 3.05) is 6.54 Å². The lowest BCUT2D eigenvalue weighted by Gasteiger charge is -2.26. The van der Waals surface area contributed by atoms with Crippen LogP contribution in [0.4, 0.5) is 10.5 Å². The van der Waals surface area contributed by atoms with Gasteiger partial charge in [-0.15, -0.1) is 0 Å². The standard InChI is InChI=1S/C17H22N2O6/c1-17(2,3)25-16(22)18-10-12(9-14(18)15(20)21)8-11-4-6-13(7-5-11)19(23)24/h4-7,12,14H,8-10H2,1-3H3,(H,20,21)/t12-,14+/m1/s1. The summed E-state index contributed by atoms with van der Waals surface area (Å²) in [6.07, 6.45) is 0.234. The van der Waals surface area contributed by atoms with Crippen molar-refractivity contribution < 1.29 is 24.4 Å². The number of carboxylic acid groups (broad SMARTS) is 1. The van der Waals surface area contributed by atoms with Crippen LogP contribution in [0.2, 0.25) is 0 Å². The molecule has 1 aliphatic heterocycles. The van der Waals surface area contributed by atoms with E-state index in [1.165, 1.54) is 17.0 Å². The van der Waals surface area contributed by atoms with Crippen LogP contribution in [0.5, 0.6) is 0 Å². The fourth-order valence-electron chi connectivity index (χ4n) is 2.91. The Morgan fingerprint density at radius 3 is 2.40 bits per heavy atom. The Balaban J connectivity index is 2.07. The van der Waals surface area contributed by atoms with Crippen molar-refractivity contribution in [1.29, 1.82) is 0 Å². The van der Waals surface area contributed by atoms with Crippen molar-refractivity contribution in [3.05, 3.63) is 39.9 Å². The first-order valence-corrected chi connectivity index (χ1v) is 8.02. The van der Waals surface area contributed by atoms with Gasteiger partial charge in [-0.2, -0.15) is 0 Å². The molecule has 2 atom stereocenters. The number of carbonyl (C=O) groups is 2. The highest BCUT2D eigenvalue weighted by Gasteiger charge is 2.41. The summed E-state index contributed by atoms with van der Waals surface area (Å²) in [5.74, 6) is -1.10. The van der Waals surface area contributed by atoms with Crippen molar-refractivity contribution in [2.45, 2.75) is 45.3 Å². The van der Waals surface area contributed by atoms with E-state index < -0.39 is 28.6 Å². The van der Waals surface area contributed by atoms with E-state index in [-0.39, 0.29) is 18.2 Å². The number of carbonyl (C=O) groups excluding carboxylic acids is 1. The molecule has 8 nitrogen and oxygen atoms in total. The Hall–Kier alpha value is -2.64. The van der Waals surface area contributed by atoms with Gasteiger partial charge in [-0.1, -0.05) is 12.1 Å². The van der Waals surface area contributed by atoms with Crippen LogP contribution in [-0.4, -0.2) is 45.2 Å². The van der Waals surface area contributed by atoms with E-state index in [1.54, 1.807) is 32.9 Å². The molecular formula is C17H22N2O6. The van der Waals surface area contributed by atoms with Gasteiger partial charge < -0.3 is 9.84 Å². The first kappa shape index (κ1) is 18.7. The van der Waals surface area contributed by atoms with E-state index in [0.29, 0.717) is 12.8 Å². The average Bonchev–Trinajstić information content (AvgIpc) is 2.90. The third-order valence-corrected chi connectivity index (χ3v) is 3.97. The SMILES string of the molecule is CC(C)(C)OC(=O)N1C[C@H](Cc2ccc([N+](=O)[O-])cc2)C[C@H]1C(=O)O. The molecular weight excluding hydrogens is 328 g/mol. The third kappa shape index (κ3) is 4.91. The molecule has 1 amide bonds. The minimum Gasteiger partial charge on any atom is -0.480 e. The van der Waals surface area contributed by atoms with Gasteiger partial charge in [-0.05, 0) is 45.1 Å². The van der Waals surface area contributed by atoms with Gasteiger partial charge in [0.25, 0.3) is 5.69 Å². The number of ether oxygens (including phenoxy) is 1. The highest BCUT2D eigenvalue weighted by molar-refractivity contribution is 5.81. The van der Waals surface area contributed by atoms with E-state index in [2.05, 4.69) is 0 Å². The van der Waals surface area contributed by atoms with Gasteiger partial charge in [0.15, 0.2) is 0 Å². The summed E-state index contributed by atoms with van der Waals surface area (Å²) in [7, 11) is 0. The molecule has 0 bridgehead atoms. The normalized spacial score (nSPS) is 20.4. The van der Waals surface area contributed by atoms with Crippen LogP contribution in [-0.2, 0) is 16.0 Å². The van der Waals surface area contributed by atoms with Crippen LogP contribution in [0, 0.1) is 16.0 Å². The number of carboxylic acids is 1. The van der Waals surface area contributed by atoms with Gasteiger partial charge in [0.2, 0.25) is 0 Å². The van der Waals surface area contributed by atoms with E-state index in [4.69, 9.17) is 4.74 Å². The monoisotopic (exact) mass is 350 g/mol. The summed E-state index contributed by atoms with van der Waals surface area (Å²) >= 11 is 0. The van der Waals surface area contributed by atoms with Gasteiger partial charge in [-0.3, -0.25) is 15.0 Å². The largest absolute Gasteiger partial charge is 0.480 e. The van der Waals surface area contributed by atoms with Gasteiger partial charge >= 0.3 is 12.1 Å². The number of nitrogens with zero attached hydrogens (tertiary/aromatic N) is 2. The molecule has 0 saturated carbocycles. The number of likely N-dealkylation sites (tertiary alicyclic amines) is 1. The minimum absolute atomic E-state index is 0.00830. The summed E-state index contributed by atoms with van der Waals surface area (Å²) in [5.41, 5.74) is 0.177. The number of amides is 1. The number of aliphatic carboxylic acids is 1. The molecule has 2 rings (SSSR count). The van der Waals surface area contributed by atoms with Crippen molar-refractivity contribution in [2.24, 2.45) is 5.92 Å². The molecule has 25 heavy (non-hydrogen) atoms. The maximum Gasteiger partial charge on any atom is 0.411 e. The lowest BCUT2D eigenvalue weighted by atomic mass is 9.96. The quantitative estimate of drug-likeness (QED) is 0.660. The molecule has 0 aliphatic carbocycles. The molecule has 0 radical (unpaired) electrons. The van der Waals surface area contributed by atoms with Gasteiger partial charge in [-0.25, -0.2) is 9.59 Å². The number of hydrogen-bond donors (Lipinski definition) is 1. The smallest absolute Gasteiger partial charge is 0.411 e. The maximum atomic E-state index is 12.3. The molecule has 1 saturated heterocycles. The Morgan fingerprint density at radius 1 is 1.32 bits per heavy atom. The van der Waals surface area contributed by atoms with Gasteiger partial charge in [0.1, 0.15) is 11.6 Å². The molecule has 1 aromatic rings. The lowest BCUT2D eigenvalue weighted by Crippen LogP contribution is -2.43. The van der Waals surface area contributed by atoms with E-state index in [0.717, 1.165) is 5.56 Å². The average molecular weight is 350 g/mol. The third-order valence-electron chi connectivity index (χ3n) is 3.97. The van der Waals surface area contributed by atoms with Crippen LogP contribution in [0.3, 0.4) is 0 Å². The Kier molecular flexibility index (Phi) is 5.30. The summed E-state index contributed by atoms with van der Waals surface area (Å²) in [6, 6.07) is 5.24. The zero-order valence-corrected chi connectivity index (χ0v) is 14.5. The fraction of sp³-hybridized carbons (Fsp3) is 0.529. The Morgan fingerprint density at radius 2 is 1.92 bits per heavy atom. The van der Waals surface area contributed by atoms with E-state index in [1.807, 2.05) is 0 Å². The highest BCUT2D eigenvalue weighted by atomic mass is 16.6.